The summed E-state index contributed by atoms with van der Waals surface area (Å²) in [6, 6.07) is 16.5. The van der Waals surface area contributed by atoms with Crippen molar-refractivity contribution >= 4 is 33.0 Å². The Labute approximate surface area is 288 Å². The zero-order valence-corrected chi connectivity index (χ0v) is 29.9. The molecule has 0 bridgehead atoms. The van der Waals surface area contributed by atoms with Gasteiger partial charge in [0, 0.05) is 77.1 Å². The van der Waals surface area contributed by atoms with E-state index in [1.165, 1.54) is 20.0 Å². The highest BCUT2D eigenvalue weighted by molar-refractivity contribution is 7.90. The summed E-state index contributed by atoms with van der Waals surface area (Å²) in [7, 11) is 2.97. The Bertz CT molecular complexity index is 2200. The summed E-state index contributed by atoms with van der Waals surface area (Å²) in [6.07, 6.45) is 4.59. The van der Waals surface area contributed by atoms with E-state index in [0.29, 0.717) is 35.3 Å². The molecule has 0 spiro atoms. The molecule has 2 amide bonds. The molecular weight excluding hydrogens is 637 g/mol. The molecule has 0 N–H and O–H groups in total. The second kappa shape index (κ2) is 13.2. The summed E-state index contributed by atoms with van der Waals surface area (Å²) in [5.74, 6) is 0.00159. The maximum absolute atomic E-state index is 14.0. The lowest BCUT2D eigenvalue weighted by Crippen LogP contribution is -2.34. The minimum atomic E-state index is -4.01. The van der Waals surface area contributed by atoms with E-state index in [9.17, 15) is 18.0 Å². The highest BCUT2D eigenvalue weighted by Gasteiger charge is 2.26. The van der Waals surface area contributed by atoms with Gasteiger partial charge in [0.05, 0.1) is 16.8 Å². The molecule has 11 heteroatoms. The van der Waals surface area contributed by atoms with Crippen LogP contribution in [0.2, 0.25) is 0 Å². The number of hydrogen-bond acceptors (Lipinski definition) is 7. The van der Waals surface area contributed by atoms with Crippen LogP contribution in [-0.4, -0.2) is 90.2 Å². The van der Waals surface area contributed by atoms with E-state index in [4.69, 9.17) is 9.97 Å². The third kappa shape index (κ3) is 6.60. The van der Waals surface area contributed by atoms with E-state index in [2.05, 4.69) is 24.0 Å². The van der Waals surface area contributed by atoms with Gasteiger partial charge in [-0.2, -0.15) is 0 Å². The van der Waals surface area contributed by atoms with Crippen LogP contribution >= 0.6 is 0 Å². The molecule has 49 heavy (non-hydrogen) atoms. The highest BCUT2D eigenvalue weighted by Crippen LogP contribution is 2.35. The molecule has 0 atom stereocenters. The van der Waals surface area contributed by atoms with E-state index in [-0.39, 0.29) is 22.4 Å². The Morgan fingerprint density at radius 1 is 0.878 bits per heavy atom. The van der Waals surface area contributed by atoms with Crippen molar-refractivity contribution in [3.05, 3.63) is 100 Å². The number of amides is 2. The van der Waals surface area contributed by atoms with Crippen molar-refractivity contribution in [2.24, 2.45) is 0 Å². The molecule has 3 heterocycles. The molecule has 0 fully saturated rings. The molecule has 6 rings (SSSR count). The lowest BCUT2D eigenvalue weighted by atomic mass is 9.92. The molecule has 0 unspecified atom stereocenters. The number of aromatic nitrogens is 3. The third-order valence-corrected chi connectivity index (χ3v) is 11.0. The quantitative estimate of drug-likeness (QED) is 0.214. The monoisotopic (exact) mass is 678 g/mol. The van der Waals surface area contributed by atoms with Gasteiger partial charge in [-0.15, -0.1) is 0 Å². The van der Waals surface area contributed by atoms with Crippen LogP contribution in [0.4, 0.5) is 0 Å². The van der Waals surface area contributed by atoms with Crippen molar-refractivity contribution in [2.75, 3.05) is 41.3 Å². The predicted octanol–water partition coefficient (Wildman–Crippen LogP) is 5.47. The number of benzene rings is 3. The maximum Gasteiger partial charge on any atom is 0.269 e. The summed E-state index contributed by atoms with van der Waals surface area (Å²) in [5.41, 5.74) is 9.46. The smallest absolute Gasteiger partial charge is 0.269 e. The molecule has 10 nitrogen and oxygen atoms in total. The van der Waals surface area contributed by atoms with Crippen LogP contribution in [0.25, 0.3) is 33.5 Å². The SMILES string of the molecule is Cc1ccc(S(=O)(=O)n2cc(-c3ccc(C(=O)N(C)C)c(C)c3)c3nc(-c4cc(C)c5c(c4)CN(CCC(=O)N(C)C)CC5)cnc32)cc1. The predicted molar refractivity (Wildman–Crippen MR) is 192 cm³/mol. The molecule has 5 aromatic rings. The Hall–Kier alpha value is -4.87. The van der Waals surface area contributed by atoms with E-state index in [1.807, 2.05) is 26.0 Å². The van der Waals surface area contributed by atoms with Crippen molar-refractivity contribution in [1.82, 2.24) is 28.6 Å². The van der Waals surface area contributed by atoms with Gasteiger partial charge in [-0.25, -0.2) is 22.4 Å². The van der Waals surface area contributed by atoms with Crippen LogP contribution in [0.3, 0.4) is 0 Å². The van der Waals surface area contributed by atoms with E-state index in [1.54, 1.807) is 75.8 Å². The zero-order chi connectivity index (χ0) is 35.2. The Kier molecular flexibility index (Phi) is 9.17. The van der Waals surface area contributed by atoms with E-state index < -0.39 is 10.0 Å². The van der Waals surface area contributed by atoms with Gasteiger partial charge in [-0.3, -0.25) is 14.5 Å². The first-order chi connectivity index (χ1) is 23.2. The van der Waals surface area contributed by atoms with Crippen LogP contribution in [0, 0.1) is 20.8 Å². The Balaban J connectivity index is 1.46. The van der Waals surface area contributed by atoms with Crippen LogP contribution in [0.15, 0.2) is 71.9 Å². The van der Waals surface area contributed by atoms with Gasteiger partial charge in [0.2, 0.25) is 5.91 Å². The minimum Gasteiger partial charge on any atom is -0.349 e. The van der Waals surface area contributed by atoms with Crippen molar-refractivity contribution in [3.8, 4) is 22.4 Å². The van der Waals surface area contributed by atoms with Gasteiger partial charge >= 0.3 is 0 Å². The maximum atomic E-state index is 14.0. The van der Waals surface area contributed by atoms with Crippen molar-refractivity contribution in [2.45, 2.75) is 45.1 Å². The number of carbonyl (C=O) groups is 2. The summed E-state index contributed by atoms with van der Waals surface area (Å²) < 4.78 is 29.3. The number of hydrogen-bond donors (Lipinski definition) is 0. The molecular formula is C38H42N6O4S. The van der Waals surface area contributed by atoms with Crippen LogP contribution < -0.4 is 0 Å². The van der Waals surface area contributed by atoms with E-state index in [0.717, 1.165) is 47.3 Å². The fourth-order valence-electron chi connectivity index (χ4n) is 6.43. The largest absolute Gasteiger partial charge is 0.349 e. The van der Waals surface area contributed by atoms with Crippen molar-refractivity contribution in [1.29, 1.82) is 0 Å². The number of rotatable bonds is 8. The highest BCUT2D eigenvalue weighted by atomic mass is 32.2. The standard InChI is InChI=1S/C38H42N6O4S/c1-24-8-11-30(12-9-24)49(47,48)44-23-33(27-10-13-32(26(3)18-27)38(46)42(6)7)36-37(44)39-21-34(40-36)28-19-25(2)31-14-16-43(22-29(31)20-28)17-15-35(45)41(4)5/h8-13,18-21,23H,14-17,22H2,1-7H3. The van der Waals surface area contributed by atoms with Gasteiger partial charge in [-0.1, -0.05) is 29.8 Å². The summed E-state index contributed by atoms with van der Waals surface area (Å²) in [4.78, 5) is 40.5. The number of carbonyl (C=O) groups excluding carboxylic acids is 2. The molecule has 1 aliphatic rings. The zero-order valence-electron chi connectivity index (χ0n) is 29.1. The topological polar surface area (TPSA) is 109 Å². The fraction of sp³-hybridized carbons (Fsp3) is 0.316. The van der Waals surface area contributed by atoms with E-state index >= 15 is 0 Å². The number of aryl methyl sites for hydroxylation is 3. The van der Waals surface area contributed by atoms with Gasteiger partial charge in [-0.05, 0) is 85.3 Å². The van der Waals surface area contributed by atoms with Gasteiger partial charge in [0.15, 0.2) is 5.65 Å². The van der Waals surface area contributed by atoms with Crippen LogP contribution in [-0.2, 0) is 27.8 Å². The van der Waals surface area contributed by atoms with Crippen molar-refractivity contribution < 1.29 is 18.0 Å². The Morgan fingerprint density at radius 3 is 2.27 bits per heavy atom. The second-order valence-corrected chi connectivity index (χ2v) is 15.1. The summed E-state index contributed by atoms with van der Waals surface area (Å²) >= 11 is 0. The summed E-state index contributed by atoms with van der Waals surface area (Å²) in [5, 5.41) is 0. The van der Waals surface area contributed by atoms with Gasteiger partial charge in [0.25, 0.3) is 15.9 Å². The lowest BCUT2D eigenvalue weighted by Gasteiger charge is -2.30. The molecule has 254 valence electrons. The van der Waals surface area contributed by atoms with Crippen molar-refractivity contribution in [3.63, 3.8) is 0 Å². The fourth-order valence-corrected chi connectivity index (χ4v) is 7.74. The summed E-state index contributed by atoms with van der Waals surface area (Å²) in [6.45, 7) is 8.20. The molecule has 3 aromatic carbocycles. The first kappa shape index (κ1) is 34.0. The molecule has 0 radical (unpaired) electrons. The number of fused-ring (bicyclic) bond motifs is 2. The normalized spacial score (nSPS) is 13.4. The minimum absolute atomic E-state index is 0.110. The molecule has 0 saturated heterocycles. The van der Waals surface area contributed by atoms with Gasteiger partial charge in [0.1, 0.15) is 5.52 Å². The van der Waals surface area contributed by atoms with Gasteiger partial charge < -0.3 is 9.80 Å². The van der Waals surface area contributed by atoms with Crippen LogP contribution in [0.5, 0.6) is 0 Å². The number of nitrogens with zero attached hydrogens (tertiary/aromatic N) is 6. The van der Waals surface area contributed by atoms with Crippen LogP contribution in [0.1, 0.15) is 44.6 Å². The Morgan fingerprint density at radius 2 is 1.59 bits per heavy atom. The average Bonchev–Trinajstić information content (AvgIpc) is 3.46. The first-order valence-electron chi connectivity index (χ1n) is 16.3. The molecule has 1 aliphatic heterocycles. The third-order valence-electron chi connectivity index (χ3n) is 9.29. The first-order valence-corrected chi connectivity index (χ1v) is 17.8. The molecule has 0 aliphatic carbocycles. The molecule has 0 saturated carbocycles. The molecule has 2 aromatic heterocycles. The lowest BCUT2D eigenvalue weighted by molar-refractivity contribution is -0.129. The average molecular weight is 679 g/mol. The second-order valence-electron chi connectivity index (χ2n) is 13.3.